The highest BCUT2D eigenvalue weighted by Gasteiger charge is 2.28. The molecule has 2 N–H and O–H groups in total. The molecule has 1 aliphatic rings. The molecule has 0 unspecified atom stereocenters. The van der Waals surface area contributed by atoms with Crippen LogP contribution in [0.1, 0.15) is 24.2 Å². The lowest BCUT2D eigenvalue weighted by atomic mass is 9.94. The Balaban J connectivity index is 2.18. The zero-order valence-corrected chi connectivity index (χ0v) is 12.8. The molecule has 1 aromatic rings. The van der Waals surface area contributed by atoms with Gasteiger partial charge in [0.25, 0.3) is 5.91 Å². The van der Waals surface area contributed by atoms with Gasteiger partial charge in [0.05, 0.1) is 12.5 Å². The molecular weight excluding hydrogens is 290 g/mol. The molecule has 1 aromatic carbocycles. The number of fused-ring (bicyclic) bond motifs is 1. The Morgan fingerprint density at radius 2 is 2.00 bits per heavy atom. The SMILES string of the molecule is COc1cc(C(=O)NCC(C)(C)C(=O)O)cc2c1OCCO2. The molecule has 0 saturated heterocycles. The summed E-state index contributed by atoms with van der Waals surface area (Å²) < 4.78 is 16.1. The van der Waals surface area contributed by atoms with Gasteiger partial charge in [-0.05, 0) is 26.0 Å². The van der Waals surface area contributed by atoms with Gasteiger partial charge in [-0.3, -0.25) is 9.59 Å². The number of carbonyl (C=O) groups excluding carboxylic acids is 1. The molecule has 22 heavy (non-hydrogen) atoms. The first-order valence-electron chi connectivity index (χ1n) is 6.84. The molecule has 120 valence electrons. The van der Waals surface area contributed by atoms with Gasteiger partial charge in [0.2, 0.25) is 5.75 Å². The van der Waals surface area contributed by atoms with Gasteiger partial charge in [-0.1, -0.05) is 0 Å². The molecule has 0 aliphatic carbocycles. The van der Waals surface area contributed by atoms with Crippen molar-refractivity contribution >= 4 is 11.9 Å². The van der Waals surface area contributed by atoms with Gasteiger partial charge in [-0.15, -0.1) is 0 Å². The van der Waals surface area contributed by atoms with Crippen LogP contribution in [0, 0.1) is 5.41 Å². The largest absolute Gasteiger partial charge is 0.493 e. The third-order valence-corrected chi connectivity index (χ3v) is 3.36. The van der Waals surface area contributed by atoms with E-state index in [1.807, 2.05) is 0 Å². The smallest absolute Gasteiger partial charge is 0.310 e. The van der Waals surface area contributed by atoms with Gasteiger partial charge in [0.15, 0.2) is 11.5 Å². The highest BCUT2D eigenvalue weighted by Crippen LogP contribution is 2.40. The first kappa shape index (κ1) is 15.9. The molecule has 1 heterocycles. The van der Waals surface area contributed by atoms with Crippen LogP contribution < -0.4 is 19.5 Å². The normalized spacial score (nSPS) is 13.4. The van der Waals surface area contributed by atoms with Gasteiger partial charge in [-0.2, -0.15) is 0 Å². The summed E-state index contributed by atoms with van der Waals surface area (Å²) >= 11 is 0. The maximum atomic E-state index is 12.2. The summed E-state index contributed by atoms with van der Waals surface area (Å²) in [7, 11) is 1.48. The quantitative estimate of drug-likeness (QED) is 0.851. The van der Waals surface area contributed by atoms with Gasteiger partial charge >= 0.3 is 5.97 Å². The maximum absolute atomic E-state index is 12.2. The molecule has 2 rings (SSSR count). The van der Waals surface area contributed by atoms with Crippen LogP contribution in [0.4, 0.5) is 0 Å². The summed E-state index contributed by atoms with van der Waals surface area (Å²) in [6, 6.07) is 3.09. The van der Waals surface area contributed by atoms with E-state index in [0.717, 1.165) is 0 Å². The van der Waals surface area contributed by atoms with E-state index in [4.69, 9.17) is 19.3 Å². The Kier molecular flexibility index (Phi) is 4.44. The molecule has 0 bridgehead atoms. The minimum absolute atomic E-state index is 0.0118. The molecule has 0 atom stereocenters. The van der Waals surface area contributed by atoms with Crippen molar-refractivity contribution in [2.45, 2.75) is 13.8 Å². The number of carbonyl (C=O) groups is 2. The van der Waals surface area contributed by atoms with Crippen LogP contribution in [0.5, 0.6) is 17.2 Å². The standard InChI is InChI=1S/C15H19NO6/c1-15(2,14(18)19)8-16-13(17)9-6-10(20-3)12-11(7-9)21-4-5-22-12/h6-7H,4-5,8H2,1-3H3,(H,16,17)(H,18,19). The molecule has 0 spiro atoms. The molecule has 7 heteroatoms. The second-order valence-corrected chi connectivity index (χ2v) is 5.57. The van der Waals surface area contributed by atoms with E-state index in [1.54, 1.807) is 19.9 Å². The number of nitrogens with one attached hydrogen (secondary N) is 1. The lowest BCUT2D eigenvalue weighted by Crippen LogP contribution is -2.38. The molecule has 0 fully saturated rings. The summed E-state index contributed by atoms with van der Waals surface area (Å²) in [4.78, 5) is 23.3. The zero-order valence-electron chi connectivity index (χ0n) is 12.8. The fraction of sp³-hybridized carbons (Fsp3) is 0.467. The molecule has 0 saturated carbocycles. The molecule has 1 amide bonds. The summed E-state index contributed by atoms with van der Waals surface area (Å²) in [5.41, 5.74) is -0.726. The van der Waals surface area contributed by atoms with Crippen LogP contribution in [0.15, 0.2) is 12.1 Å². The Morgan fingerprint density at radius 3 is 2.64 bits per heavy atom. The van der Waals surface area contributed by atoms with Gasteiger partial charge in [0.1, 0.15) is 13.2 Å². The number of carboxylic acids is 1. The number of hydrogen-bond acceptors (Lipinski definition) is 5. The van der Waals surface area contributed by atoms with E-state index in [2.05, 4.69) is 5.32 Å². The number of rotatable bonds is 5. The lowest BCUT2D eigenvalue weighted by molar-refractivity contribution is -0.146. The zero-order chi connectivity index (χ0) is 16.3. The van der Waals surface area contributed by atoms with E-state index < -0.39 is 17.3 Å². The Bertz CT molecular complexity index is 579. The second-order valence-electron chi connectivity index (χ2n) is 5.57. The fourth-order valence-electron chi connectivity index (χ4n) is 1.88. The van der Waals surface area contributed by atoms with Crippen LogP contribution in [0.25, 0.3) is 0 Å². The molecule has 1 aliphatic heterocycles. The highest BCUT2D eigenvalue weighted by molar-refractivity contribution is 5.96. The Labute approximate surface area is 128 Å². The number of hydrogen-bond donors (Lipinski definition) is 2. The third-order valence-electron chi connectivity index (χ3n) is 3.36. The third kappa shape index (κ3) is 3.24. The maximum Gasteiger partial charge on any atom is 0.310 e. The van der Waals surface area contributed by atoms with Crippen molar-refractivity contribution in [1.82, 2.24) is 5.32 Å². The van der Waals surface area contributed by atoms with Crippen molar-refractivity contribution in [3.8, 4) is 17.2 Å². The summed E-state index contributed by atoms with van der Waals surface area (Å²) in [5, 5.41) is 11.7. The minimum Gasteiger partial charge on any atom is -0.493 e. The van der Waals surface area contributed by atoms with Crippen molar-refractivity contribution in [1.29, 1.82) is 0 Å². The number of amides is 1. The fourth-order valence-corrected chi connectivity index (χ4v) is 1.88. The van der Waals surface area contributed by atoms with Crippen molar-refractivity contribution < 1.29 is 28.9 Å². The number of ether oxygens (including phenoxy) is 3. The first-order chi connectivity index (χ1) is 10.3. The Morgan fingerprint density at radius 1 is 1.32 bits per heavy atom. The highest BCUT2D eigenvalue weighted by atomic mass is 16.6. The molecular formula is C15H19NO6. The van der Waals surface area contributed by atoms with E-state index in [-0.39, 0.29) is 6.54 Å². The number of benzene rings is 1. The molecule has 0 radical (unpaired) electrons. The van der Waals surface area contributed by atoms with E-state index in [9.17, 15) is 9.59 Å². The van der Waals surface area contributed by atoms with Crippen LogP contribution in [-0.4, -0.2) is 43.9 Å². The topological polar surface area (TPSA) is 94.1 Å². The monoisotopic (exact) mass is 309 g/mol. The van der Waals surface area contributed by atoms with Crippen LogP contribution >= 0.6 is 0 Å². The van der Waals surface area contributed by atoms with E-state index >= 15 is 0 Å². The van der Waals surface area contributed by atoms with Gasteiger partial charge < -0.3 is 24.6 Å². The summed E-state index contributed by atoms with van der Waals surface area (Å²) in [6.45, 7) is 3.91. The number of methoxy groups -OCH3 is 1. The average molecular weight is 309 g/mol. The second kappa shape index (κ2) is 6.13. The predicted octanol–water partition coefficient (Wildman–Crippen LogP) is 1.31. The summed E-state index contributed by atoms with van der Waals surface area (Å²) in [6.07, 6.45) is 0. The van der Waals surface area contributed by atoms with Gasteiger partial charge in [0, 0.05) is 12.1 Å². The first-order valence-corrected chi connectivity index (χ1v) is 6.84. The Hall–Kier alpha value is -2.44. The van der Waals surface area contributed by atoms with Crippen molar-refractivity contribution in [2.75, 3.05) is 26.9 Å². The van der Waals surface area contributed by atoms with Crippen molar-refractivity contribution in [3.63, 3.8) is 0 Å². The van der Waals surface area contributed by atoms with E-state index in [0.29, 0.717) is 36.0 Å². The van der Waals surface area contributed by atoms with E-state index in [1.165, 1.54) is 13.2 Å². The minimum atomic E-state index is -1.05. The number of carboxylic acid groups (broad SMARTS) is 1. The van der Waals surface area contributed by atoms with Crippen LogP contribution in [0.2, 0.25) is 0 Å². The molecule has 0 aromatic heterocycles. The lowest BCUT2D eigenvalue weighted by Gasteiger charge is -2.22. The predicted molar refractivity (Wildman–Crippen MR) is 77.7 cm³/mol. The van der Waals surface area contributed by atoms with Crippen molar-refractivity contribution in [3.05, 3.63) is 17.7 Å². The van der Waals surface area contributed by atoms with Crippen LogP contribution in [-0.2, 0) is 4.79 Å². The average Bonchev–Trinajstić information content (AvgIpc) is 2.51. The number of aliphatic carboxylic acids is 1. The van der Waals surface area contributed by atoms with Gasteiger partial charge in [-0.25, -0.2) is 0 Å². The molecule has 7 nitrogen and oxygen atoms in total. The van der Waals surface area contributed by atoms with Crippen LogP contribution in [0.3, 0.4) is 0 Å². The van der Waals surface area contributed by atoms with Crippen molar-refractivity contribution in [2.24, 2.45) is 5.41 Å². The summed E-state index contributed by atoms with van der Waals surface area (Å²) in [5.74, 6) is -0.0681.